The highest BCUT2D eigenvalue weighted by Gasteiger charge is 2.12. The molecule has 1 aromatic rings. The Morgan fingerprint density at radius 3 is 2.95 bits per heavy atom. The van der Waals surface area contributed by atoms with Gasteiger partial charge in [0.15, 0.2) is 0 Å². The second-order valence-corrected chi connectivity index (χ2v) is 4.52. The largest absolute Gasteiger partial charge is 0.391 e. The van der Waals surface area contributed by atoms with E-state index in [1.54, 1.807) is 6.07 Å². The Morgan fingerprint density at radius 2 is 2.32 bits per heavy atom. The lowest BCUT2D eigenvalue weighted by Gasteiger charge is -2.10. The van der Waals surface area contributed by atoms with Crippen LogP contribution in [0.5, 0.6) is 0 Å². The molecule has 1 rings (SSSR count). The summed E-state index contributed by atoms with van der Waals surface area (Å²) in [5, 5.41) is 23.4. The Bertz CT molecular complexity index is 428. The third kappa shape index (κ3) is 5.52. The van der Waals surface area contributed by atoms with Crippen LogP contribution < -0.4 is 5.32 Å². The van der Waals surface area contributed by atoms with Gasteiger partial charge in [-0.1, -0.05) is 17.7 Å². The van der Waals surface area contributed by atoms with Gasteiger partial charge in [0.1, 0.15) is 5.02 Å². The van der Waals surface area contributed by atoms with Crippen molar-refractivity contribution in [3.63, 3.8) is 0 Å². The van der Waals surface area contributed by atoms with Gasteiger partial charge < -0.3 is 15.2 Å². The van der Waals surface area contributed by atoms with Gasteiger partial charge in [-0.3, -0.25) is 10.1 Å². The molecule has 7 heteroatoms. The molecular weight excluding hydrogens is 272 g/mol. The van der Waals surface area contributed by atoms with Gasteiger partial charge in [-0.25, -0.2) is 0 Å². The van der Waals surface area contributed by atoms with Crippen LogP contribution >= 0.6 is 11.6 Å². The van der Waals surface area contributed by atoms with E-state index in [1.165, 1.54) is 19.2 Å². The highest BCUT2D eigenvalue weighted by molar-refractivity contribution is 6.32. The van der Waals surface area contributed by atoms with E-state index in [4.69, 9.17) is 16.3 Å². The molecule has 6 nitrogen and oxygen atoms in total. The van der Waals surface area contributed by atoms with Crippen molar-refractivity contribution in [2.24, 2.45) is 0 Å². The Hall–Kier alpha value is -1.21. The summed E-state index contributed by atoms with van der Waals surface area (Å²) in [5.74, 6) is 0. The number of aliphatic hydroxyl groups excluding tert-OH is 1. The van der Waals surface area contributed by atoms with Crippen LogP contribution in [0.4, 0.5) is 5.69 Å². The van der Waals surface area contributed by atoms with Crippen LogP contribution in [0.15, 0.2) is 18.2 Å². The van der Waals surface area contributed by atoms with Gasteiger partial charge in [0.05, 0.1) is 17.6 Å². The average molecular weight is 289 g/mol. The minimum Gasteiger partial charge on any atom is -0.391 e. The number of halogens is 1. The molecular formula is C12H17ClN2O4. The first kappa shape index (κ1) is 15.8. The van der Waals surface area contributed by atoms with Crippen LogP contribution in [0.2, 0.25) is 5.02 Å². The third-order valence-electron chi connectivity index (χ3n) is 2.55. The molecule has 0 radical (unpaired) electrons. The molecule has 0 amide bonds. The van der Waals surface area contributed by atoms with E-state index in [2.05, 4.69) is 5.32 Å². The molecule has 2 N–H and O–H groups in total. The number of nitrogens with zero attached hydrogens (tertiary/aromatic N) is 1. The van der Waals surface area contributed by atoms with Crippen molar-refractivity contribution < 1.29 is 14.8 Å². The fourth-order valence-corrected chi connectivity index (χ4v) is 1.77. The number of ether oxygens (including phenoxy) is 1. The Kier molecular flexibility index (Phi) is 6.72. The first-order valence-electron chi connectivity index (χ1n) is 5.85. The van der Waals surface area contributed by atoms with Crippen molar-refractivity contribution in [1.29, 1.82) is 0 Å². The first-order chi connectivity index (χ1) is 9.04. The minimum absolute atomic E-state index is 0.0969. The molecule has 1 unspecified atom stereocenters. The lowest BCUT2D eigenvalue weighted by Crippen LogP contribution is -2.23. The second kappa shape index (κ2) is 8.06. The summed E-state index contributed by atoms with van der Waals surface area (Å²) in [6.45, 7) is 1.38. The summed E-state index contributed by atoms with van der Waals surface area (Å²) in [5.41, 5.74) is 0.678. The molecule has 0 aromatic heterocycles. The zero-order valence-electron chi connectivity index (χ0n) is 10.6. The van der Waals surface area contributed by atoms with Crippen molar-refractivity contribution in [2.45, 2.75) is 19.1 Å². The van der Waals surface area contributed by atoms with Gasteiger partial charge in [0.25, 0.3) is 5.69 Å². The molecule has 0 heterocycles. The number of aliphatic hydroxyl groups is 1. The van der Waals surface area contributed by atoms with E-state index in [-0.39, 0.29) is 10.7 Å². The SMILES string of the molecule is COCC(O)CCNCc1ccc(Cl)c([N+](=O)[O-])c1. The van der Waals surface area contributed by atoms with Gasteiger partial charge in [-0.05, 0) is 24.6 Å². The lowest BCUT2D eigenvalue weighted by atomic mass is 10.2. The molecule has 1 aromatic carbocycles. The maximum Gasteiger partial charge on any atom is 0.288 e. The van der Waals surface area contributed by atoms with Gasteiger partial charge in [-0.2, -0.15) is 0 Å². The van der Waals surface area contributed by atoms with Gasteiger partial charge in [-0.15, -0.1) is 0 Å². The van der Waals surface area contributed by atoms with Gasteiger partial charge >= 0.3 is 0 Å². The van der Waals surface area contributed by atoms with E-state index in [0.717, 1.165) is 5.56 Å². The van der Waals surface area contributed by atoms with Gasteiger partial charge in [0.2, 0.25) is 0 Å². The number of benzene rings is 1. The third-order valence-corrected chi connectivity index (χ3v) is 2.87. The molecule has 0 aliphatic heterocycles. The van der Waals surface area contributed by atoms with Crippen LogP contribution in [0.3, 0.4) is 0 Å². The van der Waals surface area contributed by atoms with Crippen LogP contribution in [0.25, 0.3) is 0 Å². The fourth-order valence-electron chi connectivity index (χ4n) is 1.59. The predicted molar refractivity (Wildman–Crippen MR) is 72.3 cm³/mol. The maximum absolute atomic E-state index is 10.7. The van der Waals surface area contributed by atoms with Crippen molar-refractivity contribution >= 4 is 17.3 Å². The minimum atomic E-state index is -0.506. The molecule has 0 aliphatic carbocycles. The van der Waals surface area contributed by atoms with E-state index in [0.29, 0.717) is 26.1 Å². The lowest BCUT2D eigenvalue weighted by molar-refractivity contribution is -0.384. The standard InChI is InChI=1S/C12H17ClN2O4/c1-19-8-10(16)4-5-14-7-9-2-3-11(13)12(6-9)15(17)18/h2-3,6,10,14,16H,4-5,7-8H2,1H3. The number of methoxy groups -OCH3 is 1. The molecule has 1 atom stereocenters. The van der Waals surface area contributed by atoms with Crippen molar-refractivity contribution in [1.82, 2.24) is 5.32 Å². The molecule has 19 heavy (non-hydrogen) atoms. The predicted octanol–water partition coefficient (Wildman–Crippen LogP) is 1.74. The summed E-state index contributed by atoms with van der Waals surface area (Å²) in [6.07, 6.45) is 0.0563. The van der Waals surface area contributed by atoms with E-state index >= 15 is 0 Å². The number of nitro groups is 1. The molecule has 0 fully saturated rings. The molecule has 0 saturated heterocycles. The second-order valence-electron chi connectivity index (χ2n) is 4.12. The highest BCUT2D eigenvalue weighted by Crippen LogP contribution is 2.24. The molecule has 0 aliphatic rings. The Balaban J connectivity index is 2.41. The summed E-state index contributed by atoms with van der Waals surface area (Å²) in [6, 6.07) is 4.69. The van der Waals surface area contributed by atoms with Crippen LogP contribution in [0, 0.1) is 10.1 Å². The molecule has 0 saturated carbocycles. The first-order valence-corrected chi connectivity index (χ1v) is 6.23. The maximum atomic E-state index is 10.7. The number of hydrogen-bond acceptors (Lipinski definition) is 5. The van der Waals surface area contributed by atoms with Crippen molar-refractivity contribution in [3.8, 4) is 0 Å². The molecule has 0 spiro atoms. The van der Waals surface area contributed by atoms with E-state index in [9.17, 15) is 15.2 Å². The van der Waals surface area contributed by atoms with Crippen LogP contribution in [0.1, 0.15) is 12.0 Å². The summed E-state index contributed by atoms with van der Waals surface area (Å²) >= 11 is 5.72. The summed E-state index contributed by atoms with van der Waals surface area (Å²) < 4.78 is 4.81. The molecule has 0 bridgehead atoms. The Labute approximate surface area is 116 Å². The topological polar surface area (TPSA) is 84.6 Å². The Morgan fingerprint density at radius 1 is 1.58 bits per heavy atom. The number of nitrogens with one attached hydrogen (secondary N) is 1. The monoisotopic (exact) mass is 288 g/mol. The van der Waals surface area contributed by atoms with Crippen LogP contribution in [-0.4, -0.2) is 36.4 Å². The van der Waals surface area contributed by atoms with Crippen molar-refractivity contribution in [2.75, 3.05) is 20.3 Å². The van der Waals surface area contributed by atoms with E-state index in [1.807, 2.05) is 0 Å². The normalized spacial score (nSPS) is 12.4. The highest BCUT2D eigenvalue weighted by atomic mass is 35.5. The van der Waals surface area contributed by atoms with Crippen LogP contribution in [-0.2, 0) is 11.3 Å². The number of rotatable bonds is 8. The summed E-state index contributed by atoms with van der Waals surface area (Å²) in [7, 11) is 1.53. The zero-order valence-corrected chi connectivity index (χ0v) is 11.4. The fraction of sp³-hybridized carbons (Fsp3) is 0.500. The molecule has 106 valence electrons. The van der Waals surface area contributed by atoms with Crippen molar-refractivity contribution in [3.05, 3.63) is 38.9 Å². The summed E-state index contributed by atoms with van der Waals surface area (Å²) in [4.78, 5) is 10.2. The zero-order chi connectivity index (χ0) is 14.3. The number of nitro benzene ring substituents is 1. The quantitative estimate of drug-likeness (QED) is 0.432. The smallest absolute Gasteiger partial charge is 0.288 e. The average Bonchev–Trinajstić information content (AvgIpc) is 2.36. The van der Waals surface area contributed by atoms with E-state index < -0.39 is 11.0 Å². The number of hydrogen-bond donors (Lipinski definition) is 2. The van der Waals surface area contributed by atoms with Gasteiger partial charge in [0, 0.05) is 19.7 Å².